The van der Waals surface area contributed by atoms with Crippen molar-refractivity contribution in [3.63, 3.8) is 0 Å². The maximum atomic E-state index is 12.2. The van der Waals surface area contributed by atoms with Gasteiger partial charge in [0.25, 0.3) is 5.91 Å². The van der Waals surface area contributed by atoms with Gasteiger partial charge in [-0.05, 0) is 49.2 Å². The van der Waals surface area contributed by atoms with Crippen LogP contribution in [-0.2, 0) is 13.1 Å². The molecule has 8 heteroatoms. The Bertz CT molecular complexity index is 937. The number of likely N-dealkylation sites (tertiary alicyclic amines) is 1. The second-order valence-electron chi connectivity index (χ2n) is 7.44. The van der Waals surface area contributed by atoms with E-state index in [1.54, 1.807) is 17.8 Å². The van der Waals surface area contributed by atoms with Gasteiger partial charge in [-0.15, -0.1) is 10.2 Å². The quantitative estimate of drug-likeness (QED) is 0.595. The number of anilines is 2. The summed E-state index contributed by atoms with van der Waals surface area (Å²) in [6.45, 7) is 4.07. The van der Waals surface area contributed by atoms with Gasteiger partial charge in [0.2, 0.25) is 5.13 Å². The maximum absolute atomic E-state index is 12.2. The molecule has 1 aliphatic rings. The summed E-state index contributed by atoms with van der Waals surface area (Å²) < 4.78 is 0. The highest BCUT2D eigenvalue weighted by molar-refractivity contribution is 7.13. The number of aromatic nitrogens is 3. The van der Waals surface area contributed by atoms with Crippen LogP contribution in [0.25, 0.3) is 0 Å². The molecule has 1 aromatic carbocycles. The van der Waals surface area contributed by atoms with Crippen LogP contribution in [0.4, 0.5) is 10.9 Å². The van der Waals surface area contributed by atoms with Crippen molar-refractivity contribution < 1.29 is 4.79 Å². The van der Waals surface area contributed by atoms with Gasteiger partial charge in [-0.3, -0.25) is 15.0 Å². The fourth-order valence-electron chi connectivity index (χ4n) is 3.63. The molecule has 0 saturated carbocycles. The third-order valence-electron chi connectivity index (χ3n) is 5.28. The molecule has 30 heavy (non-hydrogen) atoms. The van der Waals surface area contributed by atoms with Crippen LogP contribution in [0.3, 0.4) is 0 Å². The van der Waals surface area contributed by atoms with Crippen LogP contribution in [0.1, 0.15) is 47.2 Å². The minimum Gasteiger partial charge on any atom is -0.366 e. The molecule has 0 unspecified atom stereocenters. The van der Waals surface area contributed by atoms with Crippen LogP contribution < -0.4 is 10.6 Å². The number of pyridine rings is 1. The molecule has 0 bridgehead atoms. The van der Waals surface area contributed by atoms with Gasteiger partial charge in [-0.2, -0.15) is 0 Å². The van der Waals surface area contributed by atoms with Gasteiger partial charge >= 0.3 is 0 Å². The van der Waals surface area contributed by atoms with E-state index < -0.39 is 0 Å². The molecule has 4 rings (SSSR count). The Morgan fingerprint density at radius 2 is 1.83 bits per heavy atom. The van der Waals surface area contributed by atoms with Crippen molar-refractivity contribution in [3.05, 3.63) is 64.8 Å². The Kier molecular flexibility index (Phi) is 6.99. The standard InChI is InChI=1S/C22H26N6OS/c29-21(26-22-27-25-16-30-22)18-9-10-20(24-14-18)23-13-17-7-3-4-8-19(17)15-28-11-5-1-2-6-12-28/h3-4,7-10,14,16H,1-2,5-6,11-13,15H2,(H,23,24)(H,26,27,29). The second kappa shape index (κ2) is 10.3. The van der Waals surface area contributed by atoms with Gasteiger partial charge in [-0.1, -0.05) is 48.4 Å². The highest BCUT2D eigenvalue weighted by Crippen LogP contribution is 2.18. The smallest absolute Gasteiger partial charge is 0.259 e. The Morgan fingerprint density at radius 3 is 2.53 bits per heavy atom. The first-order valence-corrected chi connectivity index (χ1v) is 11.2. The zero-order chi connectivity index (χ0) is 20.6. The first-order chi connectivity index (χ1) is 14.8. The lowest BCUT2D eigenvalue weighted by Crippen LogP contribution is -2.24. The van der Waals surface area contributed by atoms with Crippen molar-refractivity contribution in [1.82, 2.24) is 20.1 Å². The fraction of sp³-hybridized carbons (Fsp3) is 0.364. The molecule has 0 atom stereocenters. The summed E-state index contributed by atoms with van der Waals surface area (Å²) in [5.74, 6) is 0.501. The lowest BCUT2D eigenvalue weighted by molar-refractivity contribution is 0.102. The number of amides is 1. The zero-order valence-corrected chi connectivity index (χ0v) is 17.7. The number of benzene rings is 1. The van der Waals surface area contributed by atoms with Crippen LogP contribution in [0.5, 0.6) is 0 Å². The van der Waals surface area contributed by atoms with Crippen LogP contribution >= 0.6 is 11.3 Å². The monoisotopic (exact) mass is 422 g/mol. The average molecular weight is 423 g/mol. The van der Waals surface area contributed by atoms with E-state index in [2.05, 4.69) is 55.0 Å². The highest BCUT2D eigenvalue weighted by Gasteiger charge is 2.12. The average Bonchev–Trinajstić information content (AvgIpc) is 3.15. The number of nitrogens with one attached hydrogen (secondary N) is 2. The Hall–Kier alpha value is -2.84. The predicted octanol–water partition coefficient (Wildman–Crippen LogP) is 4.17. The lowest BCUT2D eigenvalue weighted by atomic mass is 10.1. The Labute approximate surface area is 180 Å². The van der Waals surface area contributed by atoms with E-state index in [0.29, 0.717) is 17.2 Å². The van der Waals surface area contributed by atoms with E-state index >= 15 is 0 Å². The predicted molar refractivity (Wildman–Crippen MR) is 120 cm³/mol. The van der Waals surface area contributed by atoms with Gasteiger partial charge in [0, 0.05) is 19.3 Å². The van der Waals surface area contributed by atoms with Gasteiger partial charge in [-0.25, -0.2) is 4.98 Å². The van der Waals surface area contributed by atoms with Crippen molar-refractivity contribution in [2.45, 2.75) is 38.8 Å². The molecule has 1 fully saturated rings. The molecule has 3 aromatic rings. The van der Waals surface area contributed by atoms with E-state index in [1.165, 1.54) is 61.2 Å². The van der Waals surface area contributed by atoms with Gasteiger partial charge < -0.3 is 5.32 Å². The second-order valence-corrected chi connectivity index (χ2v) is 8.28. The number of rotatable bonds is 7. The number of carbonyl (C=O) groups excluding carboxylic acids is 1. The van der Waals surface area contributed by atoms with Crippen LogP contribution in [0.15, 0.2) is 48.1 Å². The number of hydrogen-bond donors (Lipinski definition) is 2. The molecule has 2 aromatic heterocycles. The molecular weight excluding hydrogens is 396 g/mol. The molecule has 0 aliphatic carbocycles. The summed E-state index contributed by atoms with van der Waals surface area (Å²) in [6, 6.07) is 12.2. The number of hydrogen-bond acceptors (Lipinski definition) is 7. The summed E-state index contributed by atoms with van der Waals surface area (Å²) in [4.78, 5) is 19.2. The van der Waals surface area contributed by atoms with Crippen molar-refractivity contribution in [1.29, 1.82) is 0 Å². The SMILES string of the molecule is O=C(Nc1nncs1)c1ccc(NCc2ccccc2CN2CCCCCC2)nc1. The first kappa shape index (κ1) is 20.4. The first-order valence-electron chi connectivity index (χ1n) is 10.3. The summed E-state index contributed by atoms with van der Waals surface area (Å²) in [7, 11) is 0. The molecule has 3 heterocycles. The van der Waals surface area contributed by atoms with E-state index in [-0.39, 0.29) is 5.91 Å². The van der Waals surface area contributed by atoms with E-state index in [4.69, 9.17) is 0 Å². The van der Waals surface area contributed by atoms with Crippen molar-refractivity contribution >= 4 is 28.2 Å². The van der Waals surface area contributed by atoms with E-state index in [1.807, 2.05) is 6.07 Å². The summed E-state index contributed by atoms with van der Waals surface area (Å²) in [5, 5.41) is 14.1. The van der Waals surface area contributed by atoms with Crippen LogP contribution in [-0.4, -0.2) is 39.1 Å². The summed E-state index contributed by atoms with van der Waals surface area (Å²) in [6.07, 6.45) is 6.86. The summed E-state index contributed by atoms with van der Waals surface area (Å²) in [5.41, 5.74) is 4.70. The molecular formula is C22H26N6OS. The van der Waals surface area contributed by atoms with Gasteiger partial charge in [0.05, 0.1) is 5.56 Å². The van der Waals surface area contributed by atoms with E-state index in [0.717, 1.165) is 12.4 Å². The molecule has 1 aliphatic heterocycles. The van der Waals surface area contributed by atoms with Crippen molar-refractivity contribution in [2.24, 2.45) is 0 Å². The molecule has 0 radical (unpaired) electrons. The van der Waals surface area contributed by atoms with Gasteiger partial charge in [0.1, 0.15) is 11.3 Å². The molecule has 7 nitrogen and oxygen atoms in total. The molecule has 0 spiro atoms. The normalized spacial score (nSPS) is 14.8. The Morgan fingerprint density at radius 1 is 1.03 bits per heavy atom. The summed E-state index contributed by atoms with van der Waals surface area (Å²) >= 11 is 1.28. The molecule has 156 valence electrons. The minimum atomic E-state index is -0.242. The van der Waals surface area contributed by atoms with Crippen molar-refractivity contribution in [3.8, 4) is 0 Å². The van der Waals surface area contributed by atoms with Crippen LogP contribution in [0, 0.1) is 0 Å². The van der Waals surface area contributed by atoms with Gasteiger partial charge in [0.15, 0.2) is 0 Å². The van der Waals surface area contributed by atoms with Crippen molar-refractivity contribution in [2.75, 3.05) is 23.7 Å². The largest absolute Gasteiger partial charge is 0.366 e. The highest BCUT2D eigenvalue weighted by atomic mass is 32.1. The zero-order valence-electron chi connectivity index (χ0n) is 16.9. The molecule has 1 amide bonds. The Balaban J connectivity index is 1.35. The third-order valence-corrected chi connectivity index (χ3v) is 5.88. The molecule has 2 N–H and O–H groups in total. The minimum absolute atomic E-state index is 0.242. The third kappa shape index (κ3) is 5.61. The topological polar surface area (TPSA) is 83.0 Å². The lowest BCUT2D eigenvalue weighted by Gasteiger charge is -2.21. The van der Waals surface area contributed by atoms with Crippen LogP contribution in [0.2, 0.25) is 0 Å². The number of carbonyl (C=O) groups is 1. The number of nitrogens with zero attached hydrogens (tertiary/aromatic N) is 4. The maximum Gasteiger partial charge on any atom is 0.259 e. The van der Waals surface area contributed by atoms with E-state index in [9.17, 15) is 4.79 Å². The molecule has 1 saturated heterocycles. The fourth-order valence-corrected chi connectivity index (χ4v) is 4.07.